The van der Waals surface area contributed by atoms with E-state index < -0.39 is 24.3 Å². The molecule has 0 aromatic rings. The quantitative estimate of drug-likeness (QED) is 0.356. The second-order valence-electron chi connectivity index (χ2n) is 7.92. The second-order valence-corrected chi connectivity index (χ2v) is 7.92. The molecule has 1 N–H and O–H groups in total. The van der Waals surface area contributed by atoms with Crippen molar-refractivity contribution >= 4 is 11.9 Å². The highest BCUT2D eigenvalue weighted by atomic mass is 16.7. The Hall–Kier alpha value is -2.08. The number of cyclic esters (lactones) is 1. The Bertz CT molecular complexity index is 728. The predicted octanol–water partition coefficient (Wildman–Crippen LogP) is 1.99. The van der Waals surface area contributed by atoms with E-state index in [2.05, 4.69) is 13.8 Å². The standard InChI is InChI=1S/C19H22O6/c1-9-6-14(24-17(9)21)23-8-12-10-7-11-13(20)4-5-19(2,3)15(11)16(10)25-18(12)22/h6-8,10,13-16,20H,4-5H2,1-3H3/b12-8+/t10-,13-,14+,15+,16+/m0/s1. The van der Waals surface area contributed by atoms with Crippen LogP contribution in [0.25, 0.3) is 0 Å². The summed E-state index contributed by atoms with van der Waals surface area (Å²) < 4.78 is 16.1. The van der Waals surface area contributed by atoms with E-state index in [1.807, 2.05) is 6.08 Å². The predicted molar refractivity (Wildman–Crippen MR) is 86.8 cm³/mol. The number of hydrogen-bond acceptors (Lipinski definition) is 6. The third kappa shape index (κ3) is 2.51. The summed E-state index contributed by atoms with van der Waals surface area (Å²) in [5, 5.41) is 10.4. The molecule has 0 bridgehead atoms. The highest BCUT2D eigenvalue weighted by Gasteiger charge is 2.56. The summed E-state index contributed by atoms with van der Waals surface area (Å²) >= 11 is 0. The summed E-state index contributed by atoms with van der Waals surface area (Å²) in [4.78, 5) is 23.7. The largest absolute Gasteiger partial charge is 0.458 e. The van der Waals surface area contributed by atoms with Gasteiger partial charge in [-0.05, 0) is 30.8 Å². The molecule has 1 saturated carbocycles. The molecule has 134 valence electrons. The summed E-state index contributed by atoms with van der Waals surface area (Å²) in [7, 11) is 0. The Morgan fingerprint density at radius 2 is 2.00 bits per heavy atom. The first-order chi connectivity index (χ1) is 11.8. The molecule has 2 aliphatic heterocycles. The van der Waals surface area contributed by atoms with Crippen molar-refractivity contribution in [1.82, 2.24) is 0 Å². The van der Waals surface area contributed by atoms with Crippen LogP contribution >= 0.6 is 0 Å². The van der Waals surface area contributed by atoms with Gasteiger partial charge in [-0.15, -0.1) is 0 Å². The van der Waals surface area contributed by atoms with Crippen molar-refractivity contribution in [1.29, 1.82) is 0 Å². The molecule has 2 heterocycles. The molecule has 4 aliphatic rings. The minimum absolute atomic E-state index is 0.0162. The average molecular weight is 346 g/mol. The number of aliphatic hydroxyl groups excluding tert-OH is 1. The molecule has 6 nitrogen and oxygen atoms in total. The second kappa shape index (κ2) is 5.46. The molecule has 5 atom stereocenters. The molecule has 0 spiro atoms. The maximum absolute atomic E-state index is 12.3. The van der Waals surface area contributed by atoms with Crippen LogP contribution in [0, 0.1) is 17.3 Å². The van der Waals surface area contributed by atoms with Gasteiger partial charge in [-0.3, -0.25) is 0 Å². The van der Waals surface area contributed by atoms with E-state index in [4.69, 9.17) is 14.2 Å². The Morgan fingerprint density at radius 3 is 2.68 bits per heavy atom. The van der Waals surface area contributed by atoms with E-state index in [1.165, 1.54) is 6.26 Å². The summed E-state index contributed by atoms with van der Waals surface area (Å²) in [6.07, 6.45) is 4.88. The average Bonchev–Trinajstić information content (AvgIpc) is 3.15. The third-order valence-electron chi connectivity index (χ3n) is 5.80. The highest BCUT2D eigenvalue weighted by molar-refractivity contribution is 5.92. The number of aliphatic hydroxyl groups is 1. The van der Waals surface area contributed by atoms with Gasteiger partial charge in [-0.2, -0.15) is 0 Å². The van der Waals surface area contributed by atoms with E-state index in [-0.39, 0.29) is 23.4 Å². The van der Waals surface area contributed by atoms with Gasteiger partial charge >= 0.3 is 11.9 Å². The molecule has 25 heavy (non-hydrogen) atoms. The lowest BCUT2D eigenvalue weighted by Crippen LogP contribution is -2.41. The number of rotatable bonds is 2. The zero-order valence-corrected chi connectivity index (χ0v) is 14.5. The molecule has 6 heteroatoms. The molecule has 4 rings (SSSR count). The fraction of sp³-hybridized carbons (Fsp3) is 0.579. The van der Waals surface area contributed by atoms with Crippen LogP contribution in [0.5, 0.6) is 0 Å². The van der Waals surface area contributed by atoms with Gasteiger partial charge in [-0.1, -0.05) is 19.9 Å². The van der Waals surface area contributed by atoms with Gasteiger partial charge < -0.3 is 19.3 Å². The van der Waals surface area contributed by atoms with Gasteiger partial charge in [0, 0.05) is 17.6 Å². The highest BCUT2D eigenvalue weighted by Crippen LogP contribution is 2.55. The lowest BCUT2D eigenvalue weighted by Gasteiger charge is -2.42. The van der Waals surface area contributed by atoms with Crippen LogP contribution in [-0.4, -0.2) is 35.5 Å². The Morgan fingerprint density at radius 1 is 1.24 bits per heavy atom. The van der Waals surface area contributed by atoms with Crippen LogP contribution < -0.4 is 0 Å². The normalized spacial score (nSPS) is 40.2. The van der Waals surface area contributed by atoms with E-state index >= 15 is 0 Å². The first kappa shape index (κ1) is 16.4. The zero-order valence-electron chi connectivity index (χ0n) is 14.5. The molecular weight excluding hydrogens is 324 g/mol. The number of esters is 2. The number of fused-ring (bicyclic) bond motifs is 3. The van der Waals surface area contributed by atoms with Crippen LogP contribution in [0.1, 0.15) is 33.6 Å². The molecule has 0 amide bonds. The smallest absolute Gasteiger partial charge is 0.338 e. The number of carbonyl (C=O) groups is 2. The fourth-order valence-electron chi connectivity index (χ4n) is 4.42. The number of carbonyl (C=O) groups excluding carboxylic acids is 2. The van der Waals surface area contributed by atoms with Gasteiger partial charge in [-0.25, -0.2) is 9.59 Å². The Labute approximate surface area is 146 Å². The Kier molecular flexibility index (Phi) is 3.58. The van der Waals surface area contributed by atoms with Gasteiger partial charge in [0.1, 0.15) is 6.10 Å². The van der Waals surface area contributed by atoms with Crippen molar-refractivity contribution in [3.05, 3.63) is 35.1 Å². The summed E-state index contributed by atoms with van der Waals surface area (Å²) in [6, 6.07) is 0. The van der Waals surface area contributed by atoms with Crippen LogP contribution in [-0.2, 0) is 23.8 Å². The van der Waals surface area contributed by atoms with Gasteiger partial charge in [0.25, 0.3) is 6.29 Å². The summed E-state index contributed by atoms with van der Waals surface area (Å²) in [5.41, 5.74) is 1.81. The van der Waals surface area contributed by atoms with E-state index in [0.29, 0.717) is 11.1 Å². The molecule has 2 fully saturated rings. The number of hydrogen-bond donors (Lipinski definition) is 1. The Balaban J connectivity index is 1.59. The molecular formula is C19H22O6. The van der Waals surface area contributed by atoms with Crippen molar-refractivity contribution in [3.63, 3.8) is 0 Å². The lowest BCUT2D eigenvalue weighted by molar-refractivity contribution is -0.152. The van der Waals surface area contributed by atoms with Crippen molar-refractivity contribution in [3.8, 4) is 0 Å². The molecule has 1 saturated heterocycles. The van der Waals surface area contributed by atoms with Crippen LogP contribution in [0.2, 0.25) is 0 Å². The summed E-state index contributed by atoms with van der Waals surface area (Å²) in [5.74, 6) is -1.05. The minimum atomic E-state index is -0.815. The van der Waals surface area contributed by atoms with E-state index in [1.54, 1.807) is 13.0 Å². The zero-order chi connectivity index (χ0) is 17.9. The van der Waals surface area contributed by atoms with Crippen molar-refractivity contribution < 1.29 is 28.9 Å². The fourth-order valence-corrected chi connectivity index (χ4v) is 4.42. The van der Waals surface area contributed by atoms with Gasteiger partial charge in [0.15, 0.2) is 0 Å². The van der Waals surface area contributed by atoms with Gasteiger partial charge in [0.05, 0.1) is 23.9 Å². The molecule has 0 aromatic carbocycles. The van der Waals surface area contributed by atoms with Gasteiger partial charge in [0.2, 0.25) is 0 Å². The van der Waals surface area contributed by atoms with E-state index in [0.717, 1.165) is 18.4 Å². The first-order valence-corrected chi connectivity index (χ1v) is 8.63. The monoisotopic (exact) mass is 346 g/mol. The first-order valence-electron chi connectivity index (χ1n) is 8.63. The minimum Gasteiger partial charge on any atom is -0.458 e. The number of ether oxygens (including phenoxy) is 3. The molecule has 0 unspecified atom stereocenters. The maximum Gasteiger partial charge on any atom is 0.338 e. The van der Waals surface area contributed by atoms with Crippen LogP contribution in [0.4, 0.5) is 0 Å². The SMILES string of the molecule is CC1=C[C@H](O/C=C2/C(=O)O[C@H]3[C@H]4C(=C[C@@H]23)[C@@H](O)CCC4(C)C)OC1=O. The molecule has 0 radical (unpaired) electrons. The van der Waals surface area contributed by atoms with Crippen molar-refractivity contribution in [2.75, 3.05) is 0 Å². The lowest BCUT2D eigenvalue weighted by atomic mass is 9.65. The van der Waals surface area contributed by atoms with Crippen LogP contribution in [0.3, 0.4) is 0 Å². The molecule has 2 aliphatic carbocycles. The third-order valence-corrected chi connectivity index (χ3v) is 5.80. The van der Waals surface area contributed by atoms with Crippen LogP contribution in [0.15, 0.2) is 35.1 Å². The van der Waals surface area contributed by atoms with Crippen molar-refractivity contribution in [2.24, 2.45) is 17.3 Å². The maximum atomic E-state index is 12.3. The van der Waals surface area contributed by atoms with E-state index in [9.17, 15) is 14.7 Å². The summed E-state index contributed by atoms with van der Waals surface area (Å²) in [6.45, 7) is 5.95. The molecule has 0 aromatic heterocycles. The van der Waals surface area contributed by atoms with Crippen molar-refractivity contribution in [2.45, 2.75) is 52.1 Å². The topological polar surface area (TPSA) is 82.1 Å².